The third kappa shape index (κ3) is 3.72. The zero-order chi connectivity index (χ0) is 18.7. The number of piperazine rings is 1. The van der Waals surface area contributed by atoms with E-state index < -0.39 is 4.92 Å². The van der Waals surface area contributed by atoms with E-state index >= 15 is 0 Å². The van der Waals surface area contributed by atoms with Gasteiger partial charge >= 0.3 is 5.69 Å². The number of nitro benzene ring substituents is 1. The van der Waals surface area contributed by atoms with Crippen LogP contribution >= 0.6 is 11.6 Å². The van der Waals surface area contributed by atoms with Crippen molar-refractivity contribution in [3.05, 3.63) is 63.2 Å². The van der Waals surface area contributed by atoms with E-state index in [1.807, 2.05) is 24.3 Å². The number of carbonyl (C=O) groups is 1. The van der Waals surface area contributed by atoms with Crippen LogP contribution < -0.4 is 9.64 Å². The second kappa shape index (κ2) is 7.61. The first-order valence-electron chi connectivity index (χ1n) is 8.12. The van der Waals surface area contributed by atoms with Crippen molar-refractivity contribution >= 4 is 28.9 Å². The van der Waals surface area contributed by atoms with Crippen LogP contribution in [-0.4, -0.2) is 49.0 Å². The first kappa shape index (κ1) is 18.0. The molecule has 2 aromatic rings. The van der Waals surface area contributed by atoms with Crippen molar-refractivity contribution in [2.75, 3.05) is 38.2 Å². The third-order valence-electron chi connectivity index (χ3n) is 4.38. The Labute approximate surface area is 155 Å². The Balaban J connectivity index is 1.69. The lowest BCUT2D eigenvalue weighted by Crippen LogP contribution is -2.48. The monoisotopic (exact) mass is 375 g/mol. The summed E-state index contributed by atoms with van der Waals surface area (Å²) in [5.41, 5.74) is 1.14. The number of carbonyl (C=O) groups excluding carboxylic acids is 1. The maximum Gasteiger partial charge on any atom is 0.311 e. The Hall–Kier alpha value is -2.80. The molecule has 0 unspecified atom stereocenters. The molecule has 0 atom stereocenters. The smallest absolute Gasteiger partial charge is 0.311 e. The van der Waals surface area contributed by atoms with E-state index in [-0.39, 0.29) is 22.9 Å². The zero-order valence-electron chi connectivity index (χ0n) is 14.2. The van der Waals surface area contributed by atoms with Gasteiger partial charge in [-0.1, -0.05) is 11.6 Å². The quantitative estimate of drug-likeness (QED) is 0.605. The fourth-order valence-electron chi connectivity index (χ4n) is 2.97. The number of rotatable bonds is 4. The summed E-state index contributed by atoms with van der Waals surface area (Å²) < 4.78 is 4.98. The number of ether oxygens (including phenoxy) is 1. The molecule has 1 aliphatic rings. The van der Waals surface area contributed by atoms with Crippen molar-refractivity contribution in [2.24, 2.45) is 0 Å². The van der Waals surface area contributed by atoms with Gasteiger partial charge in [-0.3, -0.25) is 14.9 Å². The topological polar surface area (TPSA) is 75.9 Å². The summed E-state index contributed by atoms with van der Waals surface area (Å²) in [6.45, 7) is 2.46. The standard InChI is InChI=1S/C18H18ClN3O4/c1-26-17-7-2-13(12-16(17)22(24)25)18(23)21-10-8-20(9-11-21)15-5-3-14(19)4-6-15/h2-7,12H,8-11H2,1H3. The van der Waals surface area contributed by atoms with Crippen molar-refractivity contribution in [1.29, 1.82) is 0 Å². The van der Waals surface area contributed by atoms with Gasteiger partial charge in [-0.25, -0.2) is 0 Å². The molecular formula is C18H18ClN3O4. The second-order valence-electron chi connectivity index (χ2n) is 5.90. The van der Waals surface area contributed by atoms with Crippen LogP contribution in [0.25, 0.3) is 0 Å². The second-order valence-corrected chi connectivity index (χ2v) is 6.34. The van der Waals surface area contributed by atoms with Gasteiger partial charge in [0, 0.05) is 48.5 Å². The van der Waals surface area contributed by atoms with Crippen LogP contribution in [0.15, 0.2) is 42.5 Å². The van der Waals surface area contributed by atoms with E-state index in [9.17, 15) is 14.9 Å². The van der Waals surface area contributed by atoms with Gasteiger partial charge in [0.05, 0.1) is 12.0 Å². The minimum atomic E-state index is -0.548. The molecule has 1 amide bonds. The molecule has 26 heavy (non-hydrogen) atoms. The molecule has 2 aromatic carbocycles. The van der Waals surface area contributed by atoms with E-state index in [1.54, 1.807) is 11.0 Å². The van der Waals surface area contributed by atoms with E-state index in [0.29, 0.717) is 31.2 Å². The zero-order valence-corrected chi connectivity index (χ0v) is 15.0. The number of amides is 1. The average Bonchev–Trinajstić information content (AvgIpc) is 2.67. The van der Waals surface area contributed by atoms with Crippen LogP contribution in [0.5, 0.6) is 5.75 Å². The lowest BCUT2D eigenvalue weighted by atomic mass is 10.1. The number of methoxy groups -OCH3 is 1. The maximum absolute atomic E-state index is 12.7. The third-order valence-corrected chi connectivity index (χ3v) is 4.63. The van der Waals surface area contributed by atoms with Crippen LogP contribution in [0.2, 0.25) is 5.02 Å². The van der Waals surface area contributed by atoms with Crippen LogP contribution in [-0.2, 0) is 0 Å². The lowest BCUT2D eigenvalue weighted by molar-refractivity contribution is -0.385. The minimum absolute atomic E-state index is 0.138. The first-order valence-corrected chi connectivity index (χ1v) is 8.49. The van der Waals surface area contributed by atoms with Gasteiger partial charge in [0.15, 0.2) is 5.75 Å². The summed E-state index contributed by atoms with van der Waals surface area (Å²) in [5, 5.41) is 11.8. The highest BCUT2D eigenvalue weighted by molar-refractivity contribution is 6.30. The van der Waals surface area contributed by atoms with Gasteiger partial charge in [-0.2, -0.15) is 0 Å². The molecule has 1 saturated heterocycles. The minimum Gasteiger partial charge on any atom is -0.490 e. The molecule has 7 nitrogen and oxygen atoms in total. The highest BCUT2D eigenvalue weighted by atomic mass is 35.5. The number of hydrogen-bond donors (Lipinski definition) is 0. The highest BCUT2D eigenvalue weighted by Gasteiger charge is 2.25. The number of hydrogen-bond acceptors (Lipinski definition) is 5. The largest absolute Gasteiger partial charge is 0.490 e. The van der Waals surface area contributed by atoms with Gasteiger partial charge in [0.1, 0.15) is 0 Å². The summed E-state index contributed by atoms with van der Waals surface area (Å²) in [7, 11) is 1.36. The predicted octanol–water partition coefficient (Wildman–Crippen LogP) is 3.22. The Kier molecular flexibility index (Phi) is 5.27. The number of benzene rings is 2. The lowest BCUT2D eigenvalue weighted by Gasteiger charge is -2.36. The van der Waals surface area contributed by atoms with Gasteiger partial charge in [0.25, 0.3) is 5.91 Å². The fraction of sp³-hybridized carbons (Fsp3) is 0.278. The van der Waals surface area contributed by atoms with Gasteiger partial charge in [-0.15, -0.1) is 0 Å². The molecule has 0 radical (unpaired) electrons. The Morgan fingerprint density at radius 2 is 1.77 bits per heavy atom. The molecule has 1 aliphatic heterocycles. The average molecular weight is 376 g/mol. The van der Waals surface area contributed by atoms with Crippen molar-refractivity contribution in [2.45, 2.75) is 0 Å². The molecule has 0 spiro atoms. The van der Waals surface area contributed by atoms with Crippen LogP contribution in [0.3, 0.4) is 0 Å². The molecule has 0 saturated carbocycles. The van der Waals surface area contributed by atoms with Crippen molar-refractivity contribution in [3.8, 4) is 5.75 Å². The van der Waals surface area contributed by atoms with Crippen LogP contribution in [0.1, 0.15) is 10.4 Å². The molecule has 1 fully saturated rings. The fourth-order valence-corrected chi connectivity index (χ4v) is 3.09. The molecule has 1 heterocycles. The van der Waals surface area contributed by atoms with Gasteiger partial charge < -0.3 is 14.5 Å². The number of anilines is 1. The molecular weight excluding hydrogens is 358 g/mol. The molecule has 8 heteroatoms. The van der Waals surface area contributed by atoms with Gasteiger partial charge in [0.2, 0.25) is 0 Å². The Bertz CT molecular complexity index is 818. The molecule has 0 aliphatic carbocycles. The number of halogens is 1. The summed E-state index contributed by atoms with van der Waals surface area (Å²) in [4.78, 5) is 27.2. The SMILES string of the molecule is COc1ccc(C(=O)N2CCN(c3ccc(Cl)cc3)CC2)cc1[N+](=O)[O-]. The Morgan fingerprint density at radius 3 is 2.35 bits per heavy atom. The molecule has 3 rings (SSSR count). The molecule has 0 aromatic heterocycles. The van der Waals surface area contributed by atoms with Crippen LogP contribution in [0, 0.1) is 10.1 Å². The number of nitro groups is 1. The highest BCUT2D eigenvalue weighted by Crippen LogP contribution is 2.28. The van der Waals surface area contributed by atoms with E-state index in [2.05, 4.69) is 4.90 Å². The van der Waals surface area contributed by atoms with Crippen molar-refractivity contribution < 1.29 is 14.5 Å². The summed E-state index contributed by atoms with van der Waals surface area (Å²) >= 11 is 5.91. The van der Waals surface area contributed by atoms with E-state index in [1.165, 1.54) is 19.2 Å². The molecule has 0 N–H and O–H groups in total. The van der Waals surface area contributed by atoms with E-state index in [4.69, 9.17) is 16.3 Å². The van der Waals surface area contributed by atoms with Crippen molar-refractivity contribution in [1.82, 2.24) is 4.90 Å². The molecule has 136 valence electrons. The van der Waals surface area contributed by atoms with E-state index in [0.717, 1.165) is 5.69 Å². The first-order chi connectivity index (χ1) is 12.5. The normalized spacial score (nSPS) is 14.2. The van der Waals surface area contributed by atoms with Crippen molar-refractivity contribution in [3.63, 3.8) is 0 Å². The molecule has 0 bridgehead atoms. The Morgan fingerprint density at radius 1 is 1.12 bits per heavy atom. The summed E-state index contributed by atoms with van der Waals surface area (Å²) in [6.07, 6.45) is 0. The maximum atomic E-state index is 12.7. The number of nitrogens with zero attached hydrogens (tertiary/aromatic N) is 3. The predicted molar refractivity (Wildman–Crippen MR) is 99.2 cm³/mol. The van der Waals surface area contributed by atoms with Crippen LogP contribution in [0.4, 0.5) is 11.4 Å². The summed E-state index contributed by atoms with van der Waals surface area (Å²) in [6, 6.07) is 11.9. The van der Waals surface area contributed by atoms with Gasteiger partial charge in [-0.05, 0) is 36.4 Å². The summed E-state index contributed by atoms with van der Waals surface area (Å²) in [5.74, 6) is -0.0781.